The van der Waals surface area contributed by atoms with Crippen molar-refractivity contribution in [3.63, 3.8) is 0 Å². The Morgan fingerprint density at radius 3 is 2.43 bits per heavy atom. The first-order valence-corrected chi connectivity index (χ1v) is 9.21. The van der Waals surface area contributed by atoms with Gasteiger partial charge < -0.3 is 19.2 Å². The highest BCUT2D eigenvalue weighted by atomic mass is 16.5. The summed E-state index contributed by atoms with van der Waals surface area (Å²) in [7, 11) is 1.61. The molecule has 1 unspecified atom stereocenters. The SMILES string of the molecule is CCC(Oc1ccc(OC)cc1)C(=O)Nc1ccc2c(c1)oc1ccccc12. The minimum absolute atomic E-state index is 0.200. The van der Waals surface area contributed by atoms with Crippen molar-refractivity contribution in [1.82, 2.24) is 0 Å². The highest BCUT2D eigenvalue weighted by Gasteiger charge is 2.19. The van der Waals surface area contributed by atoms with E-state index >= 15 is 0 Å². The molecule has 4 rings (SSSR count). The van der Waals surface area contributed by atoms with Crippen LogP contribution in [0.15, 0.2) is 71.1 Å². The molecular formula is C23H21NO4. The first-order valence-electron chi connectivity index (χ1n) is 9.21. The van der Waals surface area contributed by atoms with E-state index in [1.54, 1.807) is 31.4 Å². The molecule has 0 fully saturated rings. The Bertz CT molecular complexity index is 1110. The summed E-state index contributed by atoms with van der Waals surface area (Å²) in [5.74, 6) is 1.16. The molecule has 1 heterocycles. The van der Waals surface area contributed by atoms with Gasteiger partial charge in [0.2, 0.25) is 0 Å². The van der Waals surface area contributed by atoms with Gasteiger partial charge in [0.05, 0.1) is 7.11 Å². The number of para-hydroxylation sites is 1. The second kappa shape index (κ2) is 7.64. The second-order valence-electron chi connectivity index (χ2n) is 6.49. The summed E-state index contributed by atoms with van der Waals surface area (Å²) in [5.41, 5.74) is 2.24. The lowest BCUT2D eigenvalue weighted by molar-refractivity contribution is -0.122. The molecule has 0 radical (unpaired) electrons. The molecule has 0 aliphatic heterocycles. The molecule has 5 heteroatoms. The Morgan fingerprint density at radius 2 is 1.68 bits per heavy atom. The minimum Gasteiger partial charge on any atom is -0.497 e. The Balaban J connectivity index is 1.51. The van der Waals surface area contributed by atoms with Crippen molar-refractivity contribution in [3.05, 3.63) is 66.7 Å². The summed E-state index contributed by atoms with van der Waals surface area (Å²) in [4.78, 5) is 12.7. The van der Waals surface area contributed by atoms with Crippen LogP contribution in [0.3, 0.4) is 0 Å². The van der Waals surface area contributed by atoms with Gasteiger partial charge in [-0.2, -0.15) is 0 Å². The lowest BCUT2D eigenvalue weighted by Crippen LogP contribution is -2.32. The van der Waals surface area contributed by atoms with Gasteiger partial charge in [-0.3, -0.25) is 4.79 Å². The van der Waals surface area contributed by atoms with Gasteiger partial charge in [-0.15, -0.1) is 0 Å². The monoisotopic (exact) mass is 375 g/mol. The number of furan rings is 1. The van der Waals surface area contributed by atoms with Crippen LogP contribution < -0.4 is 14.8 Å². The fraction of sp³-hybridized carbons (Fsp3) is 0.174. The van der Waals surface area contributed by atoms with Crippen LogP contribution >= 0.6 is 0 Å². The predicted octanol–water partition coefficient (Wildman–Crippen LogP) is 5.39. The van der Waals surface area contributed by atoms with Crippen LogP contribution in [0.2, 0.25) is 0 Å². The van der Waals surface area contributed by atoms with Crippen LogP contribution in [-0.2, 0) is 4.79 Å². The topological polar surface area (TPSA) is 60.7 Å². The third kappa shape index (κ3) is 3.51. The smallest absolute Gasteiger partial charge is 0.265 e. The highest BCUT2D eigenvalue weighted by molar-refractivity contribution is 6.06. The number of amides is 1. The van der Waals surface area contributed by atoms with Gasteiger partial charge in [-0.25, -0.2) is 0 Å². The Morgan fingerprint density at radius 1 is 0.964 bits per heavy atom. The standard InChI is InChI=1S/C23H21NO4/c1-3-20(27-17-11-9-16(26-2)10-12-17)23(25)24-15-8-13-19-18-6-4-5-7-21(18)28-22(19)14-15/h4-14,20H,3H2,1-2H3,(H,24,25). The quantitative estimate of drug-likeness (QED) is 0.491. The Labute approximate surface area is 162 Å². The minimum atomic E-state index is -0.597. The molecule has 0 saturated heterocycles. The third-order valence-corrected chi connectivity index (χ3v) is 4.65. The molecule has 0 spiro atoms. The summed E-state index contributed by atoms with van der Waals surface area (Å²) in [5, 5.41) is 5.01. The molecule has 28 heavy (non-hydrogen) atoms. The maximum atomic E-state index is 12.7. The van der Waals surface area contributed by atoms with E-state index in [-0.39, 0.29) is 5.91 Å². The molecule has 5 nitrogen and oxygen atoms in total. The molecule has 0 aliphatic rings. The van der Waals surface area contributed by atoms with Crippen molar-refractivity contribution < 1.29 is 18.7 Å². The summed E-state index contributed by atoms with van der Waals surface area (Å²) in [6, 6.07) is 20.7. The average Bonchev–Trinajstić information content (AvgIpc) is 3.10. The number of rotatable bonds is 6. The lowest BCUT2D eigenvalue weighted by atomic mass is 10.1. The normalized spacial score (nSPS) is 12.1. The van der Waals surface area contributed by atoms with E-state index in [0.29, 0.717) is 17.9 Å². The number of hydrogen-bond donors (Lipinski definition) is 1. The average molecular weight is 375 g/mol. The number of fused-ring (bicyclic) bond motifs is 3. The molecule has 0 aliphatic carbocycles. The molecule has 3 aromatic carbocycles. The van der Waals surface area contributed by atoms with Crippen LogP contribution in [0.4, 0.5) is 5.69 Å². The van der Waals surface area contributed by atoms with E-state index in [0.717, 1.165) is 27.7 Å². The van der Waals surface area contributed by atoms with E-state index in [9.17, 15) is 4.79 Å². The maximum absolute atomic E-state index is 12.7. The molecule has 142 valence electrons. The summed E-state index contributed by atoms with van der Waals surface area (Å²) in [6.07, 6.45) is -0.0511. The third-order valence-electron chi connectivity index (χ3n) is 4.65. The number of anilines is 1. The van der Waals surface area contributed by atoms with Crippen LogP contribution in [-0.4, -0.2) is 19.1 Å². The molecule has 1 aromatic heterocycles. The number of benzene rings is 3. The van der Waals surface area contributed by atoms with E-state index < -0.39 is 6.10 Å². The number of carbonyl (C=O) groups is 1. The van der Waals surface area contributed by atoms with E-state index in [1.165, 1.54) is 0 Å². The molecule has 1 N–H and O–H groups in total. The van der Waals surface area contributed by atoms with Crippen molar-refractivity contribution in [2.75, 3.05) is 12.4 Å². The zero-order chi connectivity index (χ0) is 19.5. The van der Waals surface area contributed by atoms with E-state index in [2.05, 4.69) is 5.32 Å². The van der Waals surface area contributed by atoms with Gasteiger partial charge in [-0.05, 0) is 48.9 Å². The maximum Gasteiger partial charge on any atom is 0.265 e. The number of nitrogens with one attached hydrogen (secondary N) is 1. The molecule has 1 atom stereocenters. The first kappa shape index (κ1) is 17.9. The van der Waals surface area contributed by atoms with Gasteiger partial charge in [0.1, 0.15) is 22.7 Å². The van der Waals surface area contributed by atoms with Gasteiger partial charge in [-0.1, -0.05) is 25.1 Å². The highest BCUT2D eigenvalue weighted by Crippen LogP contribution is 2.30. The first-order chi connectivity index (χ1) is 13.7. The number of ether oxygens (including phenoxy) is 2. The predicted molar refractivity (Wildman–Crippen MR) is 110 cm³/mol. The number of methoxy groups -OCH3 is 1. The van der Waals surface area contributed by atoms with Crippen LogP contribution in [0, 0.1) is 0 Å². The van der Waals surface area contributed by atoms with Crippen LogP contribution in [0.5, 0.6) is 11.5 Å². The van der Waals surface area contributed by atoms with Crippen molar-refractivity contribution >= 4 is 33.5 Å². The fourth-order valence-corrected chi connectivity index (χ4v) is 3.17. The number of carbonyl (C=O) groups excluding carboxylic acids is 1. The Hall–Kier alpha value is -3.47. The van der Waals surface area contributed by atoms with E-state index in [4.69, 9.17) is 13.9 Å². The zero-order valence-electron chi connectivity index (χ0n) is 15.8. The lowest BCUT2D eigenvalue weighted by Gasteiger charge is -2.17. The van der Waals surface area contributed by atoms with Gasteiger partial charge in [0.25, 0.3) is 5.91 Å². The van der Waals surface area contributed by atoms with Crippen molar-refractivity contribution in [1.29, 1.82) is 0 Å². The Kier molecular flexibility index (Phi) is 4.89. The summed E-state index contributed by atoms with van der Waals surface area (Å²) in [6.45, 7) is 1.91. The van der Waals surface area contributed by atoms with Crippen molar-refractivity contribution in [3.8, 4) is 11.5 Å². The van der Waals surface area contributed by atoms with Gasteiger partial charge in [0.15, 0.2) is 6.10 Å². The largest absolute Gasteiger partial charge is 0.497 e. The van der Waals surface area contributed by atoms with E-state index in [1.807, 2.05) is 49.4 Å². The van der Waals surface area contributed by atoms with Crippen LogP contribution in [0.1, 0.15) is 13.3 Å². The summed E-state index contributed by atoms with van der Waals surface area (Å²) < 4.78 is 16.9. The van der Waals surface area contributed by atoms with Crippen LogP contribution in [0.25, 0.3) is 21.9 Å². The van der Waals surface area contributed by atoms with Crippen molar-refractivity contribution in [2.45, 2.75) is 19.4 Å². The molecular weight excluding hydrogens is 354 g/mol. The van der Waals surface area contributed by atoms with Gasteiger partial charge in [0, 0.05) is 22.5 Å². The molecule has 1 amide bonds. The van der Waals surface area contributed by atoms with Gasteiger partial charge >= 0.3 is 0 Å². The zero-order valence-corrected chi connectivity index (χ0v) is 15.8. The second-order valence-corrected chi connectivity index (χ2v) is 6.49. The number of hydrogen-bond acceptors (Lipinski definition) is 4. The molecule has 0 saturated carbocycles. The van der Waals surface area contributed by atoms with Crippen molar-refractivity contribution in [2.24, 2.45) is 0 Å². The summed E-state index contributed by atoms with van der Waals surface area (Å²) >= 11 is 0. The molecule has 4 aromatic rings. The molecule has 0 bridgehead atoms. The fourth-order valence-electron chi connectivity index (χ4n) is 3.17.